The third-order valence-electron chi connectivity index (χ3n) is 5.33. The quantitative estimate of drug-likeness (QED) is 0.336. The monoisotopic (exact) mass is 410 g/mol. The number of hydrogen-bond acceptors (Lipinski definition) is 6. The molecule has 28 heavy (non-hydrogen) atoms. The van der Waals surface area contributed by atoms with E-state index in [2.05, 4.69) is 28.8 Å². The van der Waals surface area contributed by atoms with E-state index in [-0.39, 0.29) is 12.2 Å². The fourth-order valence-corrected chi connectivity index (χ4v) is 3.71. The van der Waals surface area contributed by atoms with Crippen molar-refractivity contribution in [2.24, 2.45) is 5.41 Å². The predicted octanol–water partition coefficient (Wildman–Crippen LogP) is 4.67. The van der Waals surface area contributed by atoms with Crippen LogP contribution in [0.25, 0.3) is 5.57 Å². The Morgan fingerprint density at radius 1 is 1.29 bits per heavy atom. The summed E-state index contributed by atoms with van der Waals surface area (Å²) in [5.41, 5.74) is 1.48. The van der Waals surface area contributed by atoms with Crippen molar-refractivity contribution in [1.82, 2.24) is 8.75 Å². The second kappa shape index (κ2) is 9.83. The summed E-state index contributed by atoms with van der Waals surface area (Å²) >= 11 is 1.19. The molecule has 6 nitrogen and oxygen atoms in total. The third-order valence-corrected chi connectivity index (χ3v) is 5.84. The standard InChI is InChI=1S/C21H36N3O3S/c1-7-8-9-10-14-26-19-18(22-28-23-19)17-12-11-13-24(6,15-17)16(2)27-20(25)21(3,4)5/h12,16H,7-11,13-15H2,1-6H3/q+1/t16-,24?/m0/s1. The molecule has 0 saturated heterocycles. The van der Waals surface area contributed by atoms with Crippen LogP contribution in [0.2, 0.25) is 0 Å². The Balaban J connectivity index is 2.02. The van der Waals surface area contributed by atoms with Gasteiger partial charge in [-0.25, -0.2) is 0 Å². The van der Waals surface area contributed by atoms with Gasteiger partial charge in [-0.1, -0.05) is 32.3 Å². The molecule has 0 aliphatic carbocycles. The lowest BCUT2D eigenvalue weighted by molar-refractivity contribution is -0.944. The average molecular weight is 411 g/mol. The molecule has 0 spiro atoms. The summed E-state index contributed by atoms with van der Waals surface area (Å²) < 4.78 is 21.2. The Hall–Kier alpha value is -1.47. The lowest BCUT2D eigenvalue weighted by Gasteiger charge is -2.41. The summed E-state index contributed by atoms with van der Waals surface area (Å²) in [5.74, 6) is 0.474. The van der Waals surface area contributed by atoms with Crippen LogP contribution in [0.5, 0.6) is 5.88 Å². The lowest BCUT2D eigenvalue weighted by atomic mass is 9.97. The SMILES string of the molecule is CCCCCCOc1nsnc1C1=CCC[N+](C)([C@H](C)OC(=O)C(C)(C)C)C1. The van der Waals surface area contributed by atoms with Crippen molar-refractivity contribution in [2.45, 2.75) is 73.0 Å². The summed E-state index contributed by atoms with van der Waals surface area (Å²) in [7, 11) is 2.14. The van der Waals surface area contributed by atoms with Gasteiger partial charge in [-0.3, -0.25) is 9.28 Å². The summed E-state index contributed by atoms with van der Waals surface area (Å²) in [5, 5.41) is 0. The first-order valence-corrected chi connectivity index (χ1v) is 11.1. The van der Waals surface area contributed by atoms with E-state index in [4.69, 9.17) is 9.47 Å². The van der Waals surface area contributed by atoms with Gasteiger partial charge in [-0.05, 0) is 27.2 Å². The van der Waals surface area contributed by atoms with Gasteiger partial charge in [-0.15, -0.1) is 4.37 Å². The number of quaternary nitrogens is 1. The molecule has 1 unspecified atom stereocenters. The van der Waals surface area contributed by atoms with E-state index < -0.39 is 5.41 Å². The summed E-state index contributed by atoms with van der Waals surface area (Å²) in [6.07, 6.45) is 7.58. The van der Waals surface area contributed by atoms with E-state index in [9.17, 15) is 4.79 Å². The molecule has 2 heterocycles. The Labute approximate surface area is 173 Å². The second-order valence-corrected chi connectivity index (χ2v) is 9.49. The molecule has 1 aromatic heterocycles. The van der Waals surface area contributed by atoms with Gasteiger partial charge in [0.05, 0.1) is 37.3 Å². The van der Waals surface area contributed by atoms with Crippen molar-refractivity contribution >= 4 is 23.3 Å². The van der Waals surface area contributed by atoms with Crippen molar-refractivity contribution in [2.75, 3.05) is 26.7 Å². The highest BCUT2D eigenvalue weighted by Gasteiger charge is 2.38. The molecule has 1 aromatic rings. The smallest absolute Gasteiger partial charge is 0.315 e. The van der Waals surface area contributed by atoms with Crippen molar-refractivity contribution in [3.63, 3.8) is 0 Å². The third kappa shape index (κ3) is 6.01. The van der Waals surface area contributed by atoms with Gasteiger partial charge in [0.15, 0.2) is 0 Å². The first-order valence-electron chi connectivity index (χ1n) is 10.4. The molecule has 0 N–H and O–H groups in total. The zero-order valence-corrected chi connectivity index (χ0v) is 19.1. The Kier molecular flexibility index (Phi) is 8.01. The van der Waals surface area contributed by atoms with Crippen LogP contribution in [0, 0.1) is 5.41 Å². The number of rotatable bonds is 9. The fourth-order valence-electron chi connectivity index (χ4n) is 3.18. The highest BCUT2D eigenvalue weighted by Crippen LogP contribution is 2.32. The van der Waals surface area contributed by atoms with E-state index in [1.54, 1.807) is 0 Å². The number of likely N-dealkylation sites (N-methyl/N-ethyl adjacent to an activating group) is 1. The Morgan fingerprint density at radius 2 is 2.04 bits per heavy atom. The van der Waals surface area contributed by atoms with E-state index >= 15 is 0 Å². The van der Waals surface area contributed by atoms with Crippen molar-refractivity contribution in [3.8, 4) is 5.88 Å². The van der Waals surface area contributed by atoms with E-state index in [1.807, 2.05) is 27.7 Å². The predicted molar refractivity (Wildman–Crippen MR) is 113 cm³/mol. The van der Waals surface area contributed by atoms with Crippen LogP contribution in [0.1, 0.15) is 72.4 Å². The molecule has 0 radical (unpaired) electrons. The summed E-state index contributed by atoms with van der Waals surface area (Å²) in [6, 6.07) is 0. The molecule has 1 aliphatic heterocycles. The maximum Gasteiger partial charge on any atom is 0.315 e. The van der Waals surface area contributed by atoms with Crippen molar-refractivity contribution in [1.29, 1.82) is 0 Å². The number of nitrogens with zero attached hydrogens (tertiary/aromatic N) is 3. The Bertz CT molecular complexity index is 681. The maximum absolute atomic E-state index is 12.3. The number of esters is 1. The van der Waals surface area contributed by atoms with E-state index in [0.717, 1.165) is 37.2 Å². The first-order chi connectivity index (χ1) is 13.2. The van der Waals surface area contributed by atoms with Gasteiger partial charge in [0.25, 0.3) is 5.88 Å². The highest BCUT2D eigenvalue weighted by molar-refractivity contribution is 6.99. The van der Waals surface area contributed by atoms with Crippen LogP contribution in [0.4, 0.5) is 0 Å². The Morgan fingerprint density at radius 3 is 2.71 bits per heavy atom. The van der Waals surface area contributed by atoms with Crippen LogP contribution in [-0.4, -0.2) is 52.2 Å². The minimum absolute atomic E-state index is 0.165. The molecule has 0 fully saturated rings. The molecule has 2 atom stereocenters. The largest absolute Gasteiger partial charge is 0.475 e. The van der Waals surface area contributed by atoms with Crippen LogP contribution in [0.3, 0.4) is 0 Å². The zero-order valence-electron chi connectivity index (χ0n) is 18.3. The number of hydrogen-bond donors (Lipinski definition) is 0. The molecule has 1 aliphatic rings. The van der Waals surface area contributed by atoms with Gasteiger partial charge in [0.1, 0.15) is 12.2 Å². The number of carbonyl (C=O) groups excluding carboxylic acids is 1. The van der Waals surface area contributed by atoms with Gasteiger partial charge in [0.2, 0.25) is 6.23 Å². The topological polar surface area (TPSA) is 61.3 Å². The molecule has 0 aromatic carbocycles. The number of unbranched alkanes of at least 4 members (excludes halogenated alkanes) is 3. The highest BCUT2D eigenvalue weighted by atomic mass is 32.1. The molecule has 0 saturated carbocycles. The second-order valence-electron chi connectivity index (χ2n) is 8.96. The number of ether oxygens (including phenoxy) is 2. The van der Waals surface area contributed by atoms with Crippen LogP contribution in [0.15, 0.2) is 6.08 Å². The minimum atomic E-state index is -0.501. The molecule has 158 valence electrons. The minimum Gasteiger partial charge on any atom is -0.475 e. The zero-order chi connectivity index (χ0) is 20.8. The maximum atomic E-state index is 12.3. The molecule has 7 heteroatoms. The first kappa shape index (κ1) is 22.8. The van der Waals surface area contributed by atoms with Gasteiger partial charge < -0.3 is 9.47 Å². The number of aromatic nitrogens is 2. The van der Waals surface area contributed by atoms with E-state index in [1.165, 1.54) is 31.0 Å². The molecular weight excluding hydrogens is 374 g/mol. The molecule has 0 bridgehead atoms. The lowest BCUT2D eigenvalue weighted by Crippen LogP contribution is -2.55. The van der Waals surface area contributed by atoms with Crippen molar-refractivity contribution in [3.05, 3.63) is 11.8 Å². The van der Waals surface area contributed by atoms with Crippen LogP contribution >= 0.6 is 11.7 Å². The average Bonchev–Trinajstić information content (AvgIpc) is 3.09. The summed E-state index contributed by atoms with van der Waals surface area (Å²) in [4.78, 5) is 12.3. The van der Waals surface area contributed by atoms with Crippen molar-refractivity contribution < 1.29 is 18.8 Å². The van der Waals surface area contributed by atoms with Crippen LogP contribution < -0.4 is 4.74 Å². The van der Waals surface area contributed by atoms with Crippen LogP contribution in [-0.2, 0) is 9.53 Å². The van der Waals surface area contributed by atoms with Gasteiger partial charge in [0, 0.05) is 18.9 Å². The number of carbonyl (C=O) groups is 1. The molecule has 0 amide bonds. The summed E-state index contributed by atoms with van der Waals surface area (Å²) in [6.45, 7) is 12.2. The van der Waals surface area contributed by atoms with Gasteiger partial charge >= 0.3 is 5.97 Å². The normalized spacial score (nSPS) is 21.1. The van der Waals surface area contributed by atoms with E-state index in [0.29, 0.717) is 17.0 Å². The molecule has 2 rings (SSSR count). The fraction of sp³-hybridized carbons (Fsp3) is 0.762. The van der Waals surface area contributed by atoms with Gasteiger partial charge in [-0.2, -0.15) is 4.37 Å². The molecular formula is C21H36N3O3S+.